The van der Waals surface area contributed by atoms with E-state index in [1.165, 1.54) is 0 Å². The van der Waals surface area contributed by atoms with E-state index in [0.717, 1.165) is 5.69 Å². The first kappa shape index (κ1) is 12.8. The van der Waals surface area contributed by atoms with Crippen molar-refractivity contribution in [1.29, 1.82) is 0 Å². The smallest absolute Gasteiger partial charge is 0.241 e. The highest BCUT2D eigenvalue weighted by molar-refractivity contribution is 6.31. The summed E-state index contributed by atoms with van der Waals surface area (Å²) in [6, 6.07) is 4.78. The van der Waals surface area contributed by atoms with Gasteiger partial charge in [0.15, 0.2) is 0 Å². The zero-order chi connectivity index (χ0) is 12.3. The van der Waals surface area contributed by atoms with Crippen molar-refractivity contribution in [3.05, 3.63) is 23.2 Å². The lowest BCUT2D eigenvalue weighted by atomic mass is 10.2. The van der Waals surface area contributed by atoms with Crippen molar-refractivity contribution in [3.8, 4) is 0 Å². The molecular formula is C11H16ClN3O. The molecule has 3 N–H and O–H groups in total. The molecule has 1 unspecified atom stereocenters. The Morgan fingerprint density at radius 2 is 2.12 bits per heavy atom. The standard InChI is InChI=1S/C11H16ClN3O/c1-7(13)11(16)14-9-6-8(12)4-5-10(9)15(2)3/h4-7H,13H2,1-3H3,(H,14,16). The third-order valence-corrected chi connectivity index (χ3v) is 2.35. The Balaban J connectivity index is 3.01. The highest BCUT2D eigenvalue weighted by Gasteiger charge is 2.11. The minimum atomic E-state index is -0.547. The maximum atomic E-state index is 11.5. The fourth-order valence-electron chi connectivity index (χ4n) is 1.24. The van der Waals surface area contributed by atoms with E-state index in [1.807, 2.05) is 25.1 Å². The van der Waals surface area contributed by atoms with Crippen LogP contribution < -0.4 is 16.0 Å². The number of nitrogens with one attached hydrogen (secondary N) is 1. The van der Waals surface area contributed by atoms with Gasteiger partial charge in [-0.1, -0.05) is 11.6 Å². The van der Waals surface area contributed by atoms with Crippen molar-refractivity contribution >= 4 is 28.9 Å². The Bertz CT molecular complexity index is 391. The van der Waals surface area contributed by atoms with E-state index in [-0.39, 0.29) is 5.91 Å². The molecule has 0 saturated heterocycles. The molecule has 1 aromatic rings. The second-order valence-electron chi connectivity index (χ2n) is 3.83. The normalized spacial score (nSPS) is 12.1. The molecule has 0 aliphatic heterocycles. The van der Waals surface area contributed by atoms with Crippen LogP contribution in [0.4, 0.5) is 11.4 Å². The molecule has 0 saturated carbocycles. The molecule has 0 aliphatic carbocycles. The Labute approximate surface area is 100 Å². The van der Waals surface area contributed by atoms with Crippen molar-refractivity contribution < 1.29 is 4.79 Å². The van der Waals surface area contributed by atoms with Gasteiger partial charge in [0.25, 0.3) is 0 Å². The van der Waals surface area contributed by atoms with Crippen LogP contribution in [0.3, 0.4) is 0 Å². The number of nitrogens with two attached hydrogens (primary N) is 1. The molecule has 0 heterocycles. The van der Waals surface area contributed by atoms with Crippen LogP contribution in [0.5, 0.6) is 0 Å². The average Bonchev–Trinajstić information content (AvgIpc) is 2.16. The maximum absolute atomic E-state index is 11.5. The predicted octanol–water partition coefficient (Wildman–Crippen LogP) is 1.69. The second-order valence-corrected chi connectivity index (χ2v) is 4.27. The van der Waals surface area contributed by atoms with Crippen LogP contribution in [-0.2, 0) is 4.79 Å². The summed E-state index contributed by atoms with van der Waals surface area (Å²) < 4.78 is 0. The number of nitrogens with zero attached hydrogens (tertiary/aromatic N) is 1. The number of anilines is 2. The lowest BCUT2D eigenvalue weighted by Gasteiger charge is -2.18. The first-order valence-corrected chi connectivity index (χ1v) is 5.33. The van der Waals surface area contributed by atoms with Gasteiger partial charge in [0.05, 0.1) is 17.4 Å². The number of amides is 1. The third kappa shape index (κ3) is 3.12. The van der Waals surface area contributed by atoms with Gasteiger partial charge in [-0.15, -0.1) is 0 Å². The van der Waals surface area contributed by atoms with E-state index in [0.29, 0.717) is 10.7 Å². The Morgan fingerprint density at radius 3 is 2.62 bits per heavy atom. The zero-order valence-corrected chi connectivity index (χ0v) is 10.4. The van der Waals surface area contributed by atoms with E-state index >= 15 is 0 Å². The van der Waals surface area contributed by atoms with Gasteiger partial charge in [0, 0.05) is 19.1 Å². The monoisotopic (exact) mass is 241 g/mol. The minimum absolute atomic E-state index is 0.231. The summed E-state index contributed by atoms with van der Waals surface area (Å²) in [5.74, 6) is -0.231. The Morgan fingerprint density at radius 1 is 1.50 bits per heavy atom. The Kier molecular flexibility index (Phi) is 4.15. The molecule has 0 bridgehead atoms. The molecule has 1 atom stereocenters. The SMILES string of the molecule is CC(N)C(=O)Nc1cc(Cl)ccc1N(C)C. The van der Waals surface area contributed by atoms with E-state index in [4.69, 9.17) is 17.3 Å². The molecule has 1 aromatic carbocycles. The van der Waals surface area contributed by atoms with Gasteiger partial charge in [-0.05, 0) is 25.1 Å². The lowest BCUT2D eigenvalue weighted by Crippen LogP contribution is -2.33. The van der Waals surface area contributed by atoms with E-state index < -0.39 is 6.04 Å². The quantitative estimate of drug-likeness (QED) is 0.847. The molecule has 5 heteroatoms. The molecule has 0 aliphatic rings. The summed E-state index contributed by atoms with van der Waals surface area (Å²) in [7, 11) is 3.79. The van der Waals surface area contributed by atoms with Gasteiger partial charge in [-0.3, -0.25) is 4.79 Å². The topological polar surface area (TPSA) is 58.4 Å². The number of hydrogen-bond donors (Lipinski definition) is 2. The van der Waals surface area contributed by atoms with E-state index in [1.54, 1.807) is 19.1 Å². The highest BCUT2D eigenvalue weighted by atomic mass is 35.5. The minimum Gasteiger partial charge on any atom is -0.376 e. The van der Waals surface area contributed by atoms with Crippen molar-refractivity contribution in [3.63, 3.8) is 0 Å². The summed E-state index contributed by atoms with van der Waals surface area (Å²) in [5.41, 5.74) is 7.04. The maximum Gasteiger partial charge on any atom is 0.241 e. The van der Waals surface area contributed by atoms with Crippen LogP contribution in [0.15, 0.2) is 18.2 Å². The van der Waals surface area contributed by atoms with E-state index in [2.05, 4.69) is 5.32 Å². The molecule has 0 fully saturated rings. The van der Waals surface area contributed by atoms with Crippen molar-refractivity contribution in [2.24, 2.45) is 5.73 Å². The van der Waals surface area contributed by atoms with Crippen LogP contribution in [-0.4, -0.2) is 26.0 Å². The number of halogens is 1. The van der Waals surface area contributed by atoms with Gasteiger partial charge in [-0.2, -0.15) is 0 Å². The van der Waals surface area contributed by atoms with Gasteiger partial charge in [-0.25, -0.2) is 0 Å². The molecule has 4 nitrogen and oxygen atoms in total. The van der Waals surface area contributed by atoms with Crippen LogP contribution in [0.2, 0.25) is 5.02 Å². The van der Waals surface area contributed by atoms with Crippen molar-refractivity contribution in [2.45, 2.75) is 13.0 Å². The summed E-state index contributed by atoms with van der Waals surface area (Å²) in [6.07, 6.45) is 0. The molecule has 88 valence electrons. The van der Waals surface area contributed by atoms with Crippen LogP contribution in [0, 0.1) is 0 Å². The van der Waals surface area contributed by atoms with Gasteiger partial charge >= 0.3 is 0 Å². The number of hydrogen-bond acceptors (Lipinski definition) is 3. The van der Waals surface area contributed by atoms with Crippen LogP contribution in [0.1, 0.15) is 6.92 Å². The molecule has 0 aromatic heterocycles. The van der Waals surface area contributed by atoms with Gasteiger partial charge < -0.3 is 16.0 Å². The summed E-state index contributed by atoms with van der Waals surface area (Å²) >= 11 is 5.88. The summed E-state index contributed by atoms with van der Waals surface area (Å²) in [6.45, 7) is 1.63. The molecule has 16 heavy (non-hydrogen) atoms. The van der Waals surface area contributed by atoms with Crippen LogP contribution >= 0.6 is 11.6 Å². The second kappa shape index (κ2) is 5.18. The number of carbonyl (C=O) groups excluding carboxylic acids is 1. The molecule has 0 spiro atoms. The van der Waals surface area contributed by atoms with Gasteiger partial charge in [0.1, 0.15) is 0 Å². The lowest BCUT2D eigenvalue weighted by molar-refractivity contribution is -0.117. The summed E-state index contributed by atoms with van der Waals surface area (Å²) in [5, 5.41) is 3.32. The van der Waals surface area contributed by atoms with Crippen LogP contribution in [0.25, 0.3) is 0 Å². The predicted molar refractivity (Wildman–Crippen MR) is 68.1 cm³/mol. The number of benzene rings is 1. The van der Waals surface area contributed by atoms with Crippen molar-refractivity contribution in [2.75, 3.05) is 24.3 Å². The van der Waals surface area contributed by atoms with E-state index in [9.17, 15) is 4.79 Å². The highest BCUT2D eigenvalue weighted by Crippen LogP contribution is 2.27. The molecule has 1 rings (SSSR count). The third-order valence-electron chi connectivity index (χ3n) is 2.11. The average molecular weight is 242 g/mol. The first-order valence-electron chi connectivity index (χ1n) is 4.95. The zero-order valence-electron chi connectivity index (χ0n) is 9.62. The number of carbonyl (C=O) groups is 1. The Hall–Kier alpha value is -1.26. The number of rotatable bonds is 3. The first-order chi connectivity index (χ1) is 7.41. The fraction of sp³-hybridized carbons (Fsp3) is 0.364. The molecule has 0 radical (unpaired) electrons. The molecular weight excluding hydrogens is 226 g/mol. The molecule has 1 amide bonds. The summed E-state index contributed by atoms with van der Waals surface area (Å²) in [4.78, 5) is 13.4. The fourth-order valence-corrected chi connectivity index (χ4v) is 1.42. The largest absolute Gasteiger partial charge is 0.376 e. The van der Waals surface area contributed by atoms with Crippen molar-refractivity contribution in [1.82, 2.24) is 0 Å². The van der Waals surface area contributed by atoms with Gasteiger partial charge in [0.2, 0.25) is 5.91 Å².